The Labute approximate surface area is 99.1 Å². The average Bonchev–Trinajstić information content (AvgIpc) is 2.92. The second-order valence-electron chi connectivity index (χ2n) is 3.43. The fourth-order valence-electron chi connectivity index (χ4n) is 1.53. The lowest BCUT2D eigenvalue weighted by atomic mass is 10.2. The Morgan fingerprint density at radius 3 is 3.06 bits per heavy atom. The highest BCUT2D eigenvalue weighted by Gasteiger charge is 2.08. The van der Waals surface area contributed by atoms with Crippen LogP contribution in [0.1, 0.15) is 5.01 Å². The molecule has 0 aliphatic carbocycles. The molecule has 0 saturated heterocycles. The summed E-state index contributed by atoms with van der Waals surface area (Å²) in [6.45, 7) is 0.374. The quantitative estimate of drug-likeness (QED) is 0.707. The van der Waals surface area contributed by atoms with Crippen LogP contribution < -0.4 is 11.5 Å². The van der Waals surface area contributed by atoms with Crippen LogP contribution in [0.3, 0.4) is 0 Å². The second kappa shape index (κ2) is 3.79. The molecule has 0 saturated carbocycles. The summed E-state index contributed by atoms with van der Waals surface area (Å²) in [6.07, 6.45) is 0. The van der Waals surface area contributed by atoms with E-state index in [0.29, 0.717) is 17.6 Å². The molecular formula is C10H8N4O2S. The summed E-state index contributed by atoms with van der Waals surface area (Å²) in [6, 6.07) is 5.39. The smallest absolute Gasteiger partial charge is 0.408 e. The summed E-state index contributed by atoms with van der Waals surface area (Å²) in [5.41, 5.74) is 7.52. The summed E-state index contributed by atoms with van der Waals surface area (Å²) in [5, 5.41) is 9.50. The molecule has 0 bridgehead atoms. The Balaban J connectivity index is 2.13. The molecule has 7 heteroatoms. The van der Waals surface area contributed by atoms with Crippen molar-refractivity contribution in [3.63, 3.8) is 0 Å². The van der Waals surface area contributed by atoms with Gasteiger partial charge in [-0.15, -0.1) is 10.2 Å². The van der Waals surface area contributed by atoms with E-state index in [1.165, 1.54) is 11.3 Å². The maximum Gasteiger partial charge on any atom is 0.417 e. The summed E-state index contributed by atoms with van der Waals surface area (Å²) < 4.78 is 4.98. The van der Waals surface area contributed by atoms with Gasteiger partial charge in [-0.25, -0.2) is 4.79 Å². The minimum absolute atomic E-state index is 0.374. The molecule has 86 valence electrons. The Morgan fingerprint density at radius 1 is 1.41 bits per heavy atom. The van der Waals surface area contributed by atoms with E-state index in [1.54, 1.807) is 12.1 Å². The lowest BCUT2D eigenvalue weighted by Gasteiger charge is -1.93. The molecule has 0 amide bonds. The van der Waals surface area contributed by atoms with Crippen LogP contribution in [-0.2, 0) is 6.54 Å². The van der Waals surface area contributed by atoms with E-state index in [0.717, 1.165) is 15.6 Å². The van der Waals surface area contributed by atoms with Crippen LogP contribution in [0.5, 0.6) is 0 Å². The third-order valence-electron chi connectivity index (χ3n) is 2.31. The molecular weight excluding hydrogens is 240 g/mol. The van der Waals surface area contributed by atoms with Gasteiger partial charge in [0.15, 0.2) is 5.58 Å². The normalized spacial score (nSPS) is 11.1. The molecule has 3 aromatic rings. The van der Waals surface area contributed by atoms with Crippen LogP contribution >= 0.6 is 11.3 Å². The molecule has 6 nitrogen and oxygen atoms in total. The van der Waals surface area contributed by atoms with Crippen molar-refractivity contribution in [2.75, 3.05) is 0 Å². The molecule has 2 aromatic heterocycles. The number of fused-ring (bicyclic) bond motifs is 1. The zero-order valence-electron chi connectivity index (χ0n) is 8.64. The molecule has 3 rings (SSSR count). The highest BCUT2D eigenvalue weighted by Crippen LogP contribution is 2.25. The van der Waals surface area contributed by atoms with Crippen LogP contribution in [0.2, 0.25) is 0 Å². The Hall–Kier alpha value is -1.99. The molecule has 1 aromatic carbocycles. The molecule has 0 aliphatic rings. The zero-order chi connectivity index (χ0) is 11.8. The number of nitrogens with one attached hydrogen (secondary N) is 1. The van der Waals surface area contributed by atoms with E-state index >= 15 is 0 Å². The van der Waals surface area contributed by atoms with Gasteiger partial charge >= 0.3 is 5.76 Å². The Kier molecular flexibility index (Phi) is 2.27. The predicted octanol–water partition coefficient (Wildman–Crippen LogP) is 1.10. The topological polar surface area (TPSA) is 97.8 Å². The first kappa shape index (κ1) is 10.2. The van der Waals surface area contributed by atoms with Gasteiger partial charge in [0, 0.05) is 12.1 Å². The molecule has 0 aliphatic heterocycles. The van der Waals surface area contributed by atoms with Gasteiger partial charge in [0.05, 0.1) is 5.52 Å². The van der Waals surface area contributed by atoms with Crippen molar-refractivity contribution < 1.29 is 4.42 Å². The number of hydrogen-bond donors (Lipinski definition) is 2. The number of aromatic nitrogens is 3. The number of oxazole rings is 1. The third kappa shape index (κ3) is 1.75. The van der Waals surface area contributed by atoms with E-state index in [9.17, 15) is 4.79 Å². The summed E-state index contributed by atoms with van der Waals surface area (Å²) in [7, 11) is 0. The lowest BCUT2D eigenvalue weighted by Crippen LogP contribution is -1.94. The van der Waals surface area contributed by atoms with Gasteiger partial charge in [-0.05, 0) is 18.2 Å². The van der Waals surface area contributed by atoms with Crippen molar-refractivity contribution >= 4 is 22.4 Å². The summed E-state index contributed by atoms with van der Waals surface area (Å²) in [4.78, 5) is 13.6. The first-order valence-corrected chi connectivity index (χ1v) is 5.73. The van der Waals surface area contributed by atoms with Crippen LogP contribution in [0, 0.1) is 0 Å². The van der Waals surface area contributed by atoms with Crippen LogP contribution in [0.4, 0.5) is 0 Å². The van der Waals surface area contributed by atoms with Gasteiger partial charge in [0.2, 0.25) is 0 Å². The predicted molar refractivity (Wildman–Crippen MR) is 63.6 cm³/mol. The summed E-state index contributed by atoms with van der Waals surface area (Å²) in [5.74, 6) is -0.461. The van der Waals surface area contributed by atoms with Gasteiger partial charge < -0.3 is 10.2 Å². The molecule has 0 unspecified atom stereocenters. The first-order chi connectivity index (χ1) is 8.26. The maximum absolute atomic E-state index is 11.0. The van der Waals surface area contributed by atoms with E-state index in [2.05, 4.69) is 15.2 Å². The van der Waals surface area contributed by atoms with E-state index in [4.69, 9.17) is 10.2 Å². The van der Waals surface area contributed by atoms with Crippen molar-refractivity contribution in [3.05, 3.63) is 33.8 Å². The molecule has 0 atom stereocenters. The molecule has 0 spiro atoms. The average molecular weight is 248 g/mol. The number of aromatic amines is 1. The fraction of sp³-hybridized carbons (Fsp3) is 0.100. The van der Waals surface area contributed by atoms with Crippen LogP contribution in [-0.4, -0.2) is 15.2 Å². The van der Waals surface area contributed by atoms with Gasteiger partial charge in [-0.2, -0.15) is 0 Å². The zero-order valence-corrected chi connectivity index (χ0v) is 9.45. The maximum atomic E-state index is 11.0. The standard InChI is InChI=1S/C10H8N4O2S/c11-4-8-13-14-9(17-8)5-1-2-6-7(3-5)16-10(15)12-6/h1-3H,4,11H2,(H,12,15). The molecule has 0 fully saturated rings. The van der Waals surface area contributed by atoms with Crippen molar-refractivity contribution in [2.24, 2.45) is 5.73 Å². The van der Waals surface area contributed by atoms with Gasteiger partial charge in [0.25, 0.3) is 0 Å². The number of hydrogen-bond acceptors (Lipinski definition) is 6. The van der Waals surface area contributed by atoms with Crippen molar-refractivity contribution in [1.29, 1.82) is 0 Å². The highest BCUT2D eigenvalue weighted by atomic mass is 32.1. The van der Waals surface area contributed by atoms with Crippen molar-refractivity contribution in [2.45, 2.75) is 6.54 Å². The number of H-pyrrole nitrogens is 1. The lowest BCUT2D eigenvalue weighted by molar-refractivity contribution is 0.555. The SMILES string of the molecule is NCc1nnc(-c2ccc3[nH]c(=O)oc3c2)s1. The van der Waals surface area contributed by atoms with Gasteiger partial charge in [-0.3, -0.25) is 4.98 Å². The minimum Gasteiger partial charge on any atom is -0.408 e. The van der Waals surface area contributed by atoms with Gasteiger partial charge in [-0.1, -0.05) is 11.3 Å². The number of benzene rings is 1. The number of rotatable bonds is 2. The molecule has 3 N–H and O–H groups in total. The highest BCUT2D eigenvalue weighted by molar-refractivity contribution is 7.14. The van der Waals surface area contributed by atoms with Crippen LogP contribution in [0.15, 0.2) is 27.4 Å². The minimum atomic E-state index is -0.461. The van der Waals surface area contributed by atoms with Gasteiger partial charge in [0.1, 0.15) is 10.0 Å². The first-order valence-electron chi connectivity index (χ1n) is 4.92. The number of nitrogens with two attached hydrogens (primary N) is 1. The Bertz CT molecular complexity index is 727. The number of nitrogens with zero attached hydrogens (tertiary/aromatic N) is 2. The monoisotopic (exact) mass is 248 g/mol. The molecule has 2 heterocycles. The second-order valence-corrected chi connectivity index (χ2v) is 4.49. The fourth-order valence-corrected chi connectivity index (χ4v) is 2.25. The van der Waals surface area contributed by atoms with E-state index < -0.39 is 5.76 Å². The molecule has 17 heavy (non-hydrogen) atoms. The third-order valence-corrected chi connectivity index (χ3v) is 3.30. The van der Waals surface area contributed by atoms with Crippen LogP contribution in [0.25, 0.3) is 21.7 Å². The van der Waals surface area contributed by atoms with E-state index in [-0.39, 0.29) is 0 Å². The molecule has 0 radical (unpaired) electrons. The van der Waals surface area contributed by atoms with Crippen molar-refractivity contribution in [1.82, 2.24) is 15.2 Å². The van der Waals surface area contributed by atoms with E-state index in [1.807, 2.05) is 6.07 Å². The van der Waals surface area contributed by atoms with Crippen molar-refractivity contribution in [3.8, 4) is 10.6 Å². The summed E-state index contributed by atoms with van der Waals surface area (Å²) >= 11 is 1.42. The Morgan fingerprint density at radius 2 is 2.29 bits per heavy atom. The largest absolute Gasteiger partial charge is 0.417 e.